The summed E-state index contributed by atoms with van der Waals surface area (Å²) >= 11 is 7.59. The van der Waals surface area contributed by atoms with E-state index < -0.39 is 0 Å². The molecule has 16 heterocycles. The van der Waals surface area contributed by atoms with Crippen LogP contribution in [0, 0.1) is 0 Å². The fraction of sp³-hybridized carbons (Fsp3) is 0.960. The molecular weight excluding hydrogens is 1950 g/mol. The van der Waals surface area contributed by atoms with Crippen molar-refractivity contribution in [1.82, 2.24) is 26.6 Å². The van der Waals surface area contributed by atoms with Gasteiger partial charge in [-0.2, -0.15) is 23.5 Å². The number of nitrogens with zero attached hydrogens (tertiary/aromatic N) is 5. The zero-order valence-electron chi connectivity index (χ0n) is 117. The first-order chi connectivity index (χ1) is 75.0. The number of ether oxygens (including phenoxy) is 11. The zero-order valence-corrected chi connectivity index (χ0v) is 120. The highest BCUT2D eigenvalue weighted by Gasteiger charge is 2.01. The number of nitrogens with one attached hydrogen (secondary N) is 5. The molecule has 11 fully saturated rings. The van der Waals surface area contributed by atoms with Crippen LogP contribution < -0.4 is 26.6 Å². The number of rotatable bonds is 0. The van der Waals surface area contributed by atoms with E-state index in [0.29, 0.717) is 13.6 Å². The fourth-order valence-corrected chi connectivity index (χ4v) is 10.3. The molecule has 16 rings (SSSR count). The van der Waals surface area contributed by atoms with Gasteiger partial charge in [0.05, 0.1) is 104 Å². The van der Waals surface area contributed by atoms with E-state index in [1.54, 1.807) is 36.3 Å². The van der Waals surface area contributed by atoms with E-state index in [1.165, 1.54) is 170 Å². The van der Waals surface area contributed by atoms with Gasteiger partial charge in [0.15, 0.2) is 6.40 Å². The Hall–Kier alpha value is -1.41. The van der Waals surface area contributed by atoms with Gasteiger partial charge in [-0.3, -0.25) is 20.3 Å². The van der Waals surface area contributed by atoms with Gasteiger partial charge in [0.1, 0.15) is 26.8 Å². The Kier molecular flexibility index (Phi) is 704. The minimum absolute atomic E-state index is 0.500. The molecule has 0 aliphatic carbocycles. The third-order valence-electron chi connectivity index (χ3n) is 12.0. The Balaban J connectivity index is -0.0000000319. The van der Waals surface area contributed by atoms with Gasteiger partial charge in [0.2, 0.25) is 0 Å². The number of hydrogen-bond acceptors (Lipinski definition) is 26. The van der Waals surface area contributed by atoms with Crippen LogP contribution in [-0.4, -0.2) is 270 Å². The summed E-state index contributed by atoms with van der Waals surface area (Å²) < 4.78 is 57.4. The van der Waals surface area contributed by atoms with E-state index in [2.05, 4.69) is 84.2 Å². The standard InChI is InChI=1S/C5H11N.C5H10O.C5H10S.C4H9NO.C4H9N.2C4H8O2.C4H8O.C4H8S.C3H6N2.C3H7NO.2C3H5NO.2C3H5NS.C3H6O2.32C2H6/c3*1-2-4-6-5-3-1;1-3-6-4-2-5-1;1-2-4-5-3-1;1-2-6-4-3-5-1;1-2-5-4-6-3-1;2*1-2-4-5-3-1;3*1-2-5-3-4-1;1-2-4-5-3-1;1-2-5-3-4-1;1-2-4-5-3-1;1-2-5-3-4-1;32*1-2/h6H,1-5H2;2*1-5H2;5H,1-4H2;5H,1-4H2;2*1-4H2;2*1-4H2;3H,1-2H2,(H,4,5);4H,1-3H2;3H,1-2H2;2H,1,3H2;3H,1-2H2;2H,1,3H2;1-3H2;32*1-2H3. The van der Waals surface area contributed by atoms with Crippen molar-refractivity contribution in [3.05, 3.63) is 0 Å². The first-order valence-electron chi connectivity index (χ1n) is 64.4. The van der Waals surface area contributed by atoms with Crippen LogP contribution in [0.2, 0.25) is 0 Å². The lowest BCUT2D eigenvalue weighted by Crippen LogP contribution is -2.30. The molecule has 26 heteroatoms. The molecule has 0 atom stereocenters. The smallest absolute Gasteiger partial charge is 0.169 e. The summed E-state index contributed by atoms with van der Waals surface area (Å²) in [7, 11) is 0. The molecule has 150 heavy (non-hydrogen) atoms. The van der Waals surface area contributed by atoms with Crippen LogP contribution >= 0.6 is 47.2 Å². The van der Waals surface area contributed by atoms with Crippen LogP contribution in [0.15, 0.2) is 24.5 Å². The average molecular weight is 2260 g/mol. The summed E-state index contributed by atoms with van der Waals surface area (Å²) in [6.45, 7) is 156. The van der Waals surface area contributed by atoms with Crippen LogP contribution in [0.3, 0.4) is 0 Å². The second kappa shape index (κ2) is 443. The summed E-state index contributed by atoms with van der Waals surface area (Å²) in [6, 6.07) is 0. The number of hydrogen-bond donors (Lipinski definition) is 5. The lowest BCUT2D eigenvalue weighted by molar-refractivity contribution is -0.0963. The van der Waals surface area contributed by atoms with Crippen LogP contribution in [-0.2, 0) is 56.9 Å². The monoisotopic (exact) mass is 2260 g/mol. The SMILES string of the molecule is C1=NCCN1.C1=NCCO1.C1=NCCS1.C1=NOCC1.C1=NSCC1.C1CCNC1.C1CCNCC1.C1CCOC1.C1CCOCC1.C1CCSC1.C1CCSCC1.C1COCCN1.C1COCCO1.C1COCN1.C1COCO1.C1COCOC1.CC.CC.CC.CC.CC.CC.CC.CC.CC.CC.CC.CC.CC.CC.CC.CC.CC.CC.CC.CC.CC.CC.CC.CC.CC.CC.CC.CC.CC.CC.CC.CC. The lowest BCUT2D eigenvalue weighted by atomic mass is 10.2. The molecule has 0 aromatic heterocycles. The van der Waals surface area contributed by atoms with Crippen LogP contribution in [0.1, 0.15) is 559 Å². The van der Waals surface area contributed by atoms with Gasteiger partial charge in [-0.25, -0.2) is 4.40 Å². The van der Waals surface area contributed by atoms with Crippen LogP contribution in [0.4, 0.5) is 0 Å². The highest BCUT2D eigenvalue weighted by molar-refractivity contribution is 8.12. The maximum atomic E-state index is 5.07. The van der Waals surface area contributed by atoms with Crippen molar-refractivity contribution >= 4 is 77.9 Å². The van der Waals surface area contributed by atoms with Gasteiger partial charge in [0.25, 0.3) is 0 Å². The number of thioether (sulfide) groups is 3. The largest absolute Gasteiger partial charge is 0.482 e. The molecule has 954 valence electrons. The normalized spacial score (nSPS) is 14.3. The van der Waals surface area contributed by atoms with E-state index in [1.807, 2.05) is 455 Å². The Morgan fingerprint density at radius 2 is 0.500 bits per heavy atom. The molecule has 0 amide bonds. The van der Waals surface area contributed by atoms with Crippen molar-refractivity contribution in [1.29, 1.82) is 0 Å². The fourth-order valence-electron chi connectivity index (χ4n) is 7.25. The van der Waals surface area contributed by atoms with E-state index in [4.69, 9.17) is 47.4 Å². The lowest BCUT2D eigenvalue weighted by Gasteiger charge is -2.10. The van der Waals surface area contributed by atoms with Crippen molar-refractivity contribution in [2.45, 2.75) is 559 Å². The third-order valence-corrected chi connectivity index (χ3v) is 15.7. The van der Waals surface area contributed by atoms with Crippen molar-refractivity contribution < 1.29 is 56.9 Å². The predicted octanol–water partition coefficient (Wildman–Crippen LogP) is 40.9. The maximum absolute atomic E-state index is 5.07. The molecule has 0 unspecified atom stereocenters. The summed E-state index contributed by atoms with van der Waals surface area (Å²) in [5, 5.41) is 19.1. The summed E-state index contributed by atoms with van der Waals surface area (Å²) in [6.07, 6.45) is 31.0. The van der Waals surface area contributed by atoms with Crippen LogP contribution in [0.25, 0.3) is 0 Å². The molecular formula is C124H312N10O12S4. The van der Waals surface area contributed by atoms with Gasteiger partial charge in [-0.15, -0.1) is 11.8 Å². The molecule has 0 saturated carbocycles. The highest BCUT2D eigenvalue weighted by atomic mass is 32.2. The molecule has 5 N–H and O–H groups in total. The molecule has 0 spiro atoms. The molecule has 0 aromatic rings. The van der Waals surface area contributed by atoms with Gasteiger partial charge >= 0.3 is 0 Å². The number of oxime groups is 1. The zero-order chi connectivity index (χ0) is 125. The van der Waals surface area contributed by atoms with E-state index in [-0.39, 0.29) is 0 Å². The minimum atomic E-state index is 0.500. The Labute approximate surface area is 977 Å². The van der Waals surface area contributed by atoms with E-state index in [0.717, 1.165) is 178 Å². The Bertz CT molecular complexity index is 1040. The second-order valence-corrected chi connectivity index (χ2v) is 24.0. The van der Waals surface area contributed by atoms with Gasteiger partial charge in [-0.05, 0) is 157 Å². The van der Waals surface area contributed by atoms with Crippen molar-refractivity contribution in [2.24, 2.45) is 24.5 Å². The summed E-state index contributed by atoms with van der Waals surface area (Å²) in [5.41, 5.74) is 1.90. The molecule has 16 aliphatic rings. The molecule has 11 saturated heterocycles. The Morgan fingerprint density at radius 1 is 0.207 bits per heavy atom. The minimum Gasteiger partial charge on any atom is -0.482 e. The summed E-state index contributed by atoms with van der Waals surface area (Å²) in [4.78, 5) is 16.0. The maximum Gasteiger partial charge on any atom is 0.169 e. The highest BCUT2D eigenvalue weighted by Crippen LogP contribution is 2.16. The second-order valence-electron chi connectivity index (χ2n) is 19.7. The predicted molar refractivity (Wildman–Crippen MR) is 728 cm³/mol. The van der Waals surface area contributed by atoms with E-state index in [9.17, 15) is 0 Å². The van der Waals surface area contributed by atoms with Crippen molar-refractivity contribution in [2.75, 3.05) is 239 Å². The van der Waals surface area contributed by atoms with E-state index >= 15 is 0 Å². The van der Waals surface area contributed by atoms with Crippen molar-refractivity contribution in [3.63, 3.8) is 0 Å². The molecule has 22 nitrogen and oxygen atoms in total. The van der Waals surface area contributed by atoms with Gasteiger partial charge < -0.3 is 78.2 Å². The molecule has 0 bridgehead atoms. The Morgan fingerprint density at radius 3 is 0.607 bits per heavy atom. The molecule has 0 radical (unpaired) electrons. The first kappa shape index (κ1) is 238. The molecule has 16 aliphatic heterocycles. The first-order valence-corrected chi connectivity index (χ1v) is 68.7. The molecule has 0 aromatic carbocycles. The number of piperidine rings is 1. The quantitative estimate of drug-likeness (QED) is 0.142. The van der Waals surface area contributed by atoms with Gasteiger partial charge in [0, 0.05) is 89.5 Å². The topological polar surface area (TPSA) is 233 Å². The number of aliphatic imine (C=N–C) groups is 3. The number of morpholine rings is 1. The average Bonchev–Trinajstić information content (AvgIpc) is 2.05. The van der Waals surface area contributed by atoms with Crippen molar-refractivity contribution in [3.8, 4) is 0 Å². The summed E-state index contributed by atoms with van der Waals surface area (Å²) in [5.74, 6) is 8.06. The van der Waals surface area contributed by atoms with Gasteiger partial charge in [-0.1, -0.05) is 461 Å². The van der Waals surface area contributed by atoms with Crippen LogP contribution in [0.5, 0.6) is 0 Å². The third kappa shape index (κ3) is 434.